The van der Waals surface area contributed by atoms with Crippen molar-refractivity contribution in [2.24, 2.45) is 0 Å². The Kier molecular flexibility index (Phi) is 13.7. The van der Waals surface area contributed by atoms with Gasteiger partial charge in [0.05, 0.1) is 18.4 Å². The first kappa shape index (κ1) is 39.4. The van der Waals surface area contributed by atoms with E-state index >= 15 is 0 Å². The molecule has 0 saturated heterocycles. The molecule has 0 aliphatic heterocycles. The molecule has 22 heteroatoms. The first-order valence-corrected chi connectivity index (χ1v) is 15.2. The maximum atomic E-state index is 12.8. The lowest BCUT2D eigenvalue weighted by Crippen LogP contribution is -2.45. The summed E-state index contributed by atoms with van der Waals surface area (Å²) in [6.45, 7) is -0.124. The molecule has 276 valence electrons. The van der Waals surface area contributed by atoms with Gasteiger partial charge in [0.1, 0.15) is 18.1 Å². The van der Waals surface area contributed by atoms with Crippen LogP contribution < -0.4 is 32.1 Å². The molecule has 1 aromatic carbocycles. The second kappa shape index (κ2) is 18.1. The van der Waals surface area contributed by atoms with Crippen LogP contribution in [0.15, 0.2) is 35.3 Å². The second-order valence-electron chi connectivity index (χ2n) is 11.1. The summed E-state index contributed by atoms with van der Waals surface area (Å²) in [5, 5.41) is 43.4. The van der Waals surface area contributed by atoms with Crippen LogP contribution in [-0.4, -0.2) is 106 Å². The number of nitrogen functional groups attached to an aromatic ring is 1. The van der Waals surface area contributed by atoms with Crippen molar-refractivity contribution < 1.29 is 58.8 Å². The van der Waals surface area contributed by atoms with Gasteiger partial charge in [-0.1, -0.05) is 0 Å². The van der Waals surface area contributed by atoms with Gasteiger partial charge in [0.25, 0.3) is 11.5 Å². The first-order valence-electron chi connectivity index (χ1n) is 15.2. The number of carbonyl (C=O) groups is 8. The van der Waals surface area contributed by atoms with E-state index in [-0.39, 0.29) is 34.9 Å². The van der Waals surface area contributed by atoms with Crippen molar-refractivity contribution >= 4 is 70.8 Å². The van der Waals surface area contributed by atoms with Gasteiger partial charge in [0, 0.05) is 30.5 Å². The number of nitrogens with two attached hydrogens (primary N) is 1. The molecule has 0 aliphatic rings. The molecule has 52 heavy (non-hydrogen) atoms. The quantitative estimate of drug-likeness (QED) is 0.0580. The molecule has 3 unspecified atom stereocenters. The molecule has 3 rings (SSSR count). The molecule has 2 heterocycles. The molecule has 22 nitrogen and oxygen atoms in total. The molecule has 3 atom stereocenters. The Bertz CT molecular complexity index is 1920. The van der Waals surface area contributed by atoms with Gasteiger partial charge in [0.15, 0.2) is 11.2 Å². The van der Waals surface area contributed by atoms with E-state index in [1.807, 2.05) is 0 Å². The minimum Gasteiger partial charge on any atom is -0.481 e. The lowest BCUT2D eigenvalue weighted by molar-refractivity contribution is -0.144. The lowest BCUT2D eigenvalue weighted by atomic mass is 10.1. The summed E-state index contributed by atoms with van der Waals surface area (Å²) in [6, 6.07) is 0.648. The number of carboxylic acids is 4. The number of aromatic nitrogens is 4. The molecule has 0 radical (unpaired) electrons. The lowest BCUT2D eigenvalue weighted by Gasteiger charge is -2.18. The Balaban J connectivity index is 1.55. The average Bonchev–Trinajstić information content (AvgIpc) is 3.08. The Morgan fingerprint density at radius 2 is 1.31 bits per heavy atom. The zero-order chi connectivity index (χ0) is 38.5. The summed E-state index contributed by atoms with van der Waals surface area (Å²) < 4.78 is 0. The van der Waals surface area contributed by atoms with Crippen molar-refractivity contribution in [3.8, 4) is 0 Å². The number of anilines is 2. The molecule has 0 fully saturated rings. The Morgan fingerprint density at radius 1 is 0.788 bits per heavy atom. The number of fused-ring (bicyclic) bond motifs is 1. The van der Waals surface area contributed by atoms with Gasteiger partial charge in [-0.3, -0.25) is 33.8 Å². The van der Waals surface area contributed by atoms with Crippen LogP contribution in [0.1, 0.15) is 54.6 Å². The molecule has 0 spiro atoms. The van der Waals surface area contributed by atoms with Crippen LogP contribution in [0.25, 0.3) is 11.2 Å². The number of nitrogens with zero attached hydrogens (tertiary/aromatic N) is 4. The fourth-order valence-corrected chi connectivity index (χ4v) is 4.58. The number of benzene rings is 1. The molecule has 0 aliphatic carbocycles. The van der Waals surface area contributed by atoms with E-state index in [4.69, 9.17) is 15.9 Å². The molecule has 2 aromatic heterocycles. The maximum absolute atomic E-state index is 12.8. The third-order valence-electron chi connectivity index (χ3n) is 7.24. The summed E-state index contributed by atoms with van der Waals surface area (Å²) in [4.78, 5) is 122. The molecular weight excluding hydrogens is 694 g/mol. The van der Waals surface area contributed by atoms with E-state index in [1.165, 1.54) is 35.4 Å². The number of rotatable bonds is 20. The summed E-state index contributed by atoms with van der Waals surface area (Å²) in [7, 11) is 0. The molecule has 4 amide bonds. The number of aliphatic carboxylic acids is 4. The number of hydrogen-bond acceptors (Lipinski definition) is 13. The van der Waals surface area contributed by atoms with Crippen LogP contribution in [0.2, 0.25) is 0 Å². The summed E-state index contributed by atoms with van der Waals surface area (Å²) >= 11 is 0. The van der Waals surface area contributed by atoms with E-state index in [9.17, 15) is 53.4 Å². The van der Waals surface area contributed by atoms with E-state index in [2.05, 4.69) is 35.9 Å². The minimum absolute atomic E-state index is 0.00609. The van der Waals surface area contributed by atoms with Crippen LogP contribution in [0, 0.1) is 0 Å². The average molecular weight is 728 g/mol. The maximum Gasteiger partial charge on any atom is 0.326 e. The van der Waals surface area contributed by atoms with Crippen molar-refractivity contribution in [2.75, 3.05) is 10.6 Å². The van der Waals surface area contributed by atoms with Gasteiger partial charge < -0.3 is 47.0 Å². The highest BCUT2D eigenvalue weighted by atomic mass is 16.4. The zero-order valence-corrected chi connectivity index (χ0v) is 27.0. The van der Waals surface area contributed by atoms with Gasteiger partial charge >= 0.3 is 23.9 Å². The third kappa shape index (κ3) is 11.6. The van der Waals surface area contributed by atoms with Crippen molar-refractivity contribution in [2.45, 2.75) is 63.2 Å². The van der Waals surface area contributed by atoms with E-state index in [1.54, 1.807) is 0 Å². The van der Waals surface area contributed by atoms with Gasteiger partial charge in [-0.25, -0.2) is 24.4 Å². The van der Waals surface area contributed by atoms with Gasteiger partial charge in [-0.2, -0.15) is 4.98 Å². The summed E-state index contributed by atoms with van der Waals surface area (Å²) in [5.41, 5.74) is 5.30. The number of carbonyl (C=O) groups excluding carboxylic acids is 4. The highest BCUT2D eigenvalue weighted by Crippen LogP contribution is 2.17. The van der Waals surface area contributed by atoms with Crippen molar-refractivity contribution in [1.29, 1.82) is 0 Å². The zero-order valence-electron chi connectivity index (χ0n) is 27.0. The molecule has 0 bridgehead atoms. The van der Waals surface area contributed by atoms with Crippen LogP contribution >= 0.6 is 0 Å². The predicted molar refractivity (Wildman–Crippen MR) is 174 cm³/mol. The highest BCUT2D eigenvalue weighted by Gasteiger charge is 2.26. The standard InChI is InChI=1S/C30H33N9O13/c31-30-37-24-23(26(46)38-30)33-15(11-32-24)12-39(13-40)16-3-1-14(2-4-16)25(45)36-19(29(51)52)6-9-21(42)34-17(27(47)48)5-8-20(41)35-18(28(49)50)7-10-22(43)44/h1-4,11,13,17-19H,5-10,12H2,(H,34,42)(H,35,41)(H,36,45)(H,43,44)(H,47,48)(H,49,50)(H,51,52)(H3,31,32,37,38,46). The monoisotopic (exact) mass is 727 g/mol. The number of amides is 4. The number of nitrogens with one attached hydrogen (secondary N) is 4. The molecule has 3 aromatic rings. The van der Waals surface area contributed by atoms with Crippen LogP contribution in [0.3, 0.4) is 0 Å². The highest BCUT2D eigenvalue weighted by molar-refractivity contribution is 5.97. The van der Waals surface area contributed by atoms with Gasteiger partial charge in [-0.05, 0) is 43.5 Å². The first-order chi connectivity index (χ1) is 24.6. The number of hydrogen-bond donors (Lipinski definition) is 9. The fourth-order valence-electron chi connectivity index (χ4n) is 4.58. The van der Waals surface area contributed by atoms with Crippen molar-refractivity contribution in [3.05, 3.63) is 52.1 Å². The van der Waals surface area contributed by atoms with Crippen LogP contribution in [0.4, 0.5) is 11.6 Å². The number of carboxylic acid groups (broad SMARTS) is 4. The largest absolute Gasteiger partial charge is 0.481 e. The molecule has 0 saturated carbocycles. The van der Waals surface area contributed by atoms with Crippen molar-refractivity contribution in [1.82, 2.24) is 35.9 Å². The summed E-state index contributed by atoms with van der Waals surface area (Å²) in [5.74, 6) is -8.63. The van der Waals surface area contributed by atoms with Gasteiger partial charge in [-0.15, -0.1) is 0 Å². The second-order valence-corrected chi connectivity index (χ2v) is 11.1. The van der Waals surface area contributed by atoms with E-state index in [0.717, 1.165) is 0 Å². The van der Waals surface area contributed by atoms with E-state index in [0.29, 0.717) is 12.1 Å². The SMILES string of the molecule is Nc1nc2ncc(CN(C=O)c3ccc(C(=O)NC(CCC(=O)NC(CCC(=O)NC(CCC(=O)O)C(=O)O)C(=O)O)C(=O)O)cc3)nc2c(=O)[nH]1. The van der Waals surface area contributed by atoms with Gasteiger partial charge in [0.2, 0.25) is 24.2 Å². The topological polar surface area (TPSA) is 354 Å². The third-order valence-corrected chi connectivity index (χ3v) is 7.24. The Labute approximate surface area is 291 Å². The minimum atomic E-state index is -1.62. The Morgan fingerprint density at radius 3 is 1.81 bits per heavy atom. The van der Waals surface area contributed by atoms with Crippen LogP contribution in [0.5, 0.6) is 0 Å². The predicted octanol–water partition coefficient (Wildman–Crippen LogP) is -1.79. The van der Waals surface area contributed by atoms with Crippen molar-refractivity contribution in [3.63, 3.8) is 0 Å². The van der Waals surface area contributed by atoms with E-state index < -0.39 is 104 Å². The molecular formula is C30H33N9O13. The smallest absolute Gasteiger partial charge is 0.326 e. The number of aromatic amines is 1. The number of H-pyrrole nitrogens is 1. The summed E-state index contributed by atoms with van der Waals surface area (Å²) in [6.07, 6.45) is -1.21. The normalized spacial score (nSPS) is 12.5. The van der Waals surface area contributed by atoms with Crippen LogP contribution in [-0.2, 0) is 40.1 Å². The molecule has 10 N–H and O–H groups in total. The fraction of sp³-hybridized carbons (Fsp3) is 0.333. The Hall–Kier alpha value is -7.00.